The third kappa shape index (κ3) is 8.86. The number of ether oxygens (including phenoxy) is 2. The van der Waals surface area contributed by atoms with Gasteiger partial charge in [0, 0.05) is 18.9 Å². The predicted molar refractivity (Wildman–Crippen MR) is 139 cm³/mol. The number of carbonyl (C=O) groups excluding carboxylic acids is 1. The van der Waals surface area contributed by atoms with Gasteiger partial charge in [-0.25, -0.2) is 0 Å². The van der Waals surface area contributed by atoms with E-state index in [-0.39, 0.29) is 17.8 Å². The standard InChI is InChI=1S/C29H36F3NO3/c1-18(11-13-25-20(3)17-27(35-7)23(6)22(25)5)9-8-10-19(2)15-28(34)33-26-14-12-24(16-21(26)4)36-29(30,31)32/h8-16,22-23,27H,17H2,1-7H3,(H,33,34)/b10-8+,13-11+,18-9+,19-15+. The van der Waals surface area contributed by atoms with Gasteiger partial charge in [0.2, 0.25) is 5.91 Å². The highest BCUT2D eigenvalue weighted by atomic mass is 19.4. The summed E-state index contributed by atoms with van der Waals surface area (Å²) in [7, 11) is 1.77. The molecule has 0 aliphatic heterocycles. The quantitative estimate of drug-likeness (QED) is 0.290. The summed E-state index contributed by atoms with van der Waals surface area (Å²) in [5.74, 6) is 0.171. The van der Waals surface area contributed by atoms with E-state index >= 15 is 0 Å². The number of benzene rings is 1. The average Bonchev–Trinajstić information content (AvgIpc) is 2.76. The van der Waals surface area contributed by atoms with Crippen LogP contribution in [0.2, 0.25) is 0 Å². The second-order valence-corrected chi connectivity index (χ2v) is 9.37. The monoisotopic (exact) mass is 503 g/mol. The predicted octanol–water partition coefficient (Wildman–Crippen LogP) is 7.84. The zero-order valence-corrected chi connectivity index (χ0v) is 22.0. The number of carbonyl (C=O) groups is 1. The van der Waals surface area contributed by atoms with Gasteiger partial charge in [-0.1, -0.05) is 55.4 Å². The van der Waals surface area contributed by atoms with E-state index in [1.165, 1.54) is 29.4 Å². The van der Waals surface area contributed by atoms with Gasteiger partial charge in [0.15, 0.2) is 0 Å². The third-order valence-corrected chi connectivity index (χ3v) is 6.46. The Kier molecular flexibility index (Phi) is 10.3. The second kappa shape index (κ2) is 12.8. The lowest BCUT2D eigenvalue weighted by Gasteiger charge is -2.35. The van der Waals surface area contributed by atoms with Crippen LogP contribution in [-0.2, 0) is 9.53 Å². The highest BCUT2D eigenvalue weighted by molar-refractivity contribution is 6.00. The van der Waals surface area contributed by atoms with Gasteiger partial charge in [0.1, 0.15) is 5.75 Å². The van der Waals surface area contributed by atoms with Crippen molar-refractivity contribution in [1.82, 2.24) is 0 Å². The van der Waals surface area contributed by atoms with Crippen LogP contribution in [0.3, 0.4) is 0 Å². The maximum Gasteiger partial charge on any atom is 0.573 e. The lowest BCUT2D eigenvalue weighted by Crippen LogP contribution is -2.31. The summed E-state index contributed by atoms with van der Waals surface area (Å²) < 4.78 is 46.6. The number of nitrogens with one attached hydrogen (secondary N) is 1. The van der Waals surface area contributed by atoms with Crippen molar-refractivity contribution < 1.29 is 27.4 Å². The summed E-state index contributed by atoms with van der Waals surface area (Å²) in [5, 5.41) is 2.68. The minimum Gasteiger partial charge on any atom is -0.406 e. The minimum absolute atomic E-state index is 0.260. The first kappa shape index (κ1) is 29.2. The van der Waals surface area contributed by atoms with Crippen LogP contribution in [0.1, 0.15) is 46.6 Å². The number of aryl methyl sites for hydroxylation is 1. The zero-order valence-electron chi connectivity index (χ0n) is 22.0. The molecule has 0 heterocycles. The van der Waals surface area contributed by atoms with Gasteiger partial charge in [-0.2, -0.15) is 0 Å². The number of hydrogen-bond acceptors (Lipinski definition) is 3. The number of alkyl halides is 3. The molecule has 0 radical (unpaired) electrons. The van der Waals surface area contributed by atoms with Crippen molar-refractivity contribution in [3.05, 3.63) is 82.5 Å². The molecule has 1 aromatic carbocycles. The Balaban J connectivity index is 1.98. The Hall–Kier alpha value is -3.06. The van der Waals surface area contributed by atoms with Gasteiger partial charge in [-0.05, 0) is 80.9 Å². The number of anilines is 1. The molecule has 1 N–H and O–H groups in total. The number of methoxy groups -OCH3 is 1. The fraction of sp³-hybridized carbons (Fsp3) is 0.414. The van der Waals surface area contributed by atoms with Crippen molar-refractivity contribution in [2.75, 3.05) is 12.4 Å². The van der Waals surface area contributed by atoms with E-state index in [9.17, 15) is 18.0 Å². The Morgan fingerprint density at radius 3 is 2.42 bits per heavy atom. The molecule has 0 bridgehead atoms. The number of rotatable bonds is 8. The van der Waals surface area contributed by atoms with E-state index in [2.05, 4.69) is 43.0 Å². The molecule has 3 atom stereocenters. The largest absolute Gasteiger partial charge is 0.573 e. The smallest absolute Gasteiger partial charge is 0.406 e. The molecular formula is C29H36F3NO3. The van der Waals surface area contributed by atoms with Crippen molar-refractivity contribution in [3.8, 4) is 5.75 Å². The van der Waals surface area contributed by atoms with Crippen molar-refractivity contribution in [2.24, 2.45) is 11.8 Å². The molecule has 0 fully saturated rings. The molecule has 4 nitrogen and oxygen atoms in total. The summed E-state index contributed by atoms with van der Waals surface area (Å²) in [4.78, 5) is 12.3. The van der Waals surface area contributed by atoms with Gasteiger partial charge in [0.25, 0.3) is 0 Å². The van der Waals surface area contributed by atoms with Crippen LogP contribution in [0.25, 0.3) is 0 Å². The molecule has 36 heavy (non-hydrogen) atoms. The van der Waals surface area contributed by atoms with Crippen molar-refractivity contribution in [2.45, 2.75) is 60.4 Å². The molecule has 7 heteroatoms. The van der Waals surface area contributed by atoms with Crippen LogP contribution in [0, 0.1) is 18.8 Å². The van der Waals surface area contributed by atoms with Crippen LogP contribution < -0.4 is 10.1 Å². The van der Waals surface area contributed by atoms with Crippen LogP contribution >= 0.6 is 0 Å². The molecule has 1 aliphatic carbocycles. The molecule has 0 saturated heterocycles. The highest BCUT2D eigenvalue weighted by Gasteiger charge is 2.31. The van der Waals surface area contributed by atoms with Gasteiger partial charge >= 0.3 is 6.36 Å². The molecule has 0 aromatic heterocycles. The topological polar surface area (TPSA) is 47.6 Å². The molecule has 1 amide bonds. The van der Waals surface area contributed by atoms with E-state index in [4.69, 9.17) is 4.74 Å². The van der Waals surface area contributed by atoms with Crippen molar-refractivity contribution in [1.29, 1.82) is 0 Å². The first-order valence-corrected chi connectivity index (χ1v) is 11.9. The molecular weight excluding hydrogens is 467 g/mol. The van der Waals surface area contributed by atoms with Gasteiger partial charge in [0.05, 0.1) is 6.10 Å². The van der Waals surface area contributed by atoms with E-state index in [1.807, 2.05) is 25.2 Å². The van der Waals surface area contributed by atoms with Gasteiger partial charge in [-0.15, -0.1) is 13.2 Å². The van der Waals surface area contributed by atoms with Crippen LogP contribution in [0.5, 0.6) is 5.75 Å². The van der Waals surface area contributed by atoms with Gasteiger partial charge < -0.3 is 14.8 Å². The summed E-state index contributed by atoms with van der Waals surface area (Å²) in [6.07, 6.45) is 7.83. The Bertz CT molecular complexity index is 1090. The SMILES string of the molecule is COC1CC(C)=C(/C=C/C(C)=C/C=C/C(C)=C/C(=O)Nc2ccc(OC(F)(F)F)cc2C)C(C)C1C. The molecule has 1 aliphatic rings. The Labute approximate surface area is 212 Å². The fourth-order valence-electron chi connectivity index (χ4n) is 4.22. The zero-order chi connectivity index (χ0) is 27.0. The van der Waals surface area contributed by atoms with Crippen LogP contribution in [-0.4, -0.2) is 25.5 Å². The fourth-order valence-corrected chi connectivity index (χ4v) is 4.22. The van der Waals surface area contributed by atoms with E-state index in [0.717, 1.165) is 23.6 Å². The van der Waals surface area contributed by atoms with E-state index < -0.39 is 6.36 Å². The number of allylic oxidation sites excluding steroid dienone is 8. The third-order valence-electron chi connectivity index (χ3n) is 6.46. The van der Waals surface area contributed by atoms with E-state index in [1.54, 1.807) is 21.0 Å². The van der Waals surface area contributed by atoms with Gasteiger partial charge in [-0.3, -0.25) is 4.79 Å². The second-order valence-electron chi connectivity index (χ2n) is 9.37. The molecule has 3 unspecified atom stereocenters. The molecule has 0 saturated carbocycles. The number of amides is 1. The molecule has 0 spiro atoms. The van der Waals surface area contributed by atoms with Crippen molar-refractivity contribution >= 4 is 11.6 Å². The first-order valence-electron chi connectivity index (χ1n) is 11.9. The lowest BCUT2D eigenvalue weighted by molar-refractivity contribution is -0.274. The first-order chi connectivity index (χ1) is 16.8. The van der Waals surface area contributed by atoms with E-state index in [0.29, 0.717) is 23.1 Å². The maximum absolute atomic E-state index is 12.4. The van der Waals surface area contributed by atoms with Crippen LogP contribution in [0.4, 0.5) is 18.9 Å². The van der Waals surface area contributed by atoms with Crippen LogP contribution in [0.15, 0.2) is 76.9 Å². The summed E-state index contributed by atoms with van der Waals surface area (Å²) in [6.45, 7) is 12.1. The Morgan fingerprint density at radius 2 is 1.81 bits per heavy atom. The molecule has 2 rings (SSSR count). The summed E-state index contributed by atoms with van der Waals surface area (Å²) in [5.41, 5.74) is 5.39. The molecule has 1 aromatic rings. The summed E-state index contributed by atoms with van der Waals surface area (Å²) in [6, 6.07) is 3.77. The lowest BCUT2D eigenvalue weighted by atomic mass is 9.75. The highest BCUT2D eigenvalue weighted by Crippen LogP contribution is 2.36. The number of hydrogen-bond donors (Lipinski definition) is 1. The maximum atomic E-state index is 12.4. The average molecular weight is 504 g/mol. The van der Waals surface area contributed by atoms with Crippen molar-refractivity contribution in [3.63, 3.8) is 0 Å². The summed E-state index contributed by atoms with van der Waals surface area (Å²) >= 11 is 0. The minimum atomic E-state index is -4.76. The number of halogens is 3. The molecule has 196 valence electrons. The normalized spacial score (nSPS) is 22.0. The Morgan fingerprint density at radius 1 is 1.11 bits per heavy atom.